The molecule has 144 valence electrons. The molecule has 0 saturated carbocycles. The number of benzene rings is 2. The van der Waals surface area contributed by atoms with Gasteiger partial charge in [-0.1, -0.05) is 48.0 Å². The molecule has 1 atom stereocenters. The van der Waals surface area contributed by atoms with Crippen molar-refractivity contribution in [2.24, 2.45) is 0 Å². The van der Waals surface area contributed by atoms with Gasteiger partial charge in [0.15, 0.2) is 0 Å². The van der Waals surface area contributed by atoms with Crippen LogP contribution in [0.25, 0.3) is 16.5 Å². The van der Waals surface area contributed by atoms with Crippen molar-refractivity contribution in [2.45, 2.75) is 38.0 Å². The summed E-state index contributed by atoms with van der Waals surface area (Å²) in [5.41, 5.74) is 7.13. The molecule has 2 aromatic carbocycles. The summed E-state index contributed by atoms with van der Waals surface area (Å²) in [5, 5.41) is 2.07. The molecule has 1 N–H and O–H groups in total. The number of rotatable bonds is 5. The number of nitrogens with zero attached hydrogens (tertiary/aromatic N) is 1. The van der Waals surface area contributed by atoms with Gasteiger partial charge in [-0.2, -0.15) is 0 Å². The van der Waals surface area contributed by atoms with Crippen molar-refractivity contribution in [3.05, 3.63) is 76.5 Å². The van der Waals surface area contributed by atoms with E-state index < -0.39 is 0 Å². The fourth-order valence-corrected chi connectivity index (χ4v) is 5.20. The summed E-state index contributed by atoms with van der Waals surface area (Å²) in [6, 6.07) is 15.2. The Kier molecular flexibility index (Phi) is 5.00. The lowest BCUT2D eigenvalue weighted by molar-refractivity contribution is 0.291. The van der Waals surface area contributed by atoms with Gasteiger partial charge >= 0.3 is 0 Å². The molecule has 0 bridgehead atoms. The summed E-state index contributed by atoms with van der Waals surface area (Å²) >= 11 is 6.12. The van der Waals surface area contributed by atoms with Crippen molar-refractivity contribution in [1.29, 1.82) is 0 Å². The summed E-state index contributed by atoms with van der Waals surface area (Å²) in [7, 11) is 0. The second kappa shape index (κ2) is 7.77. The smallest absolute Gasteiger partial charge is 0.0475 e. The summed E-state index contributed by atoms with van der Waals surface area (Å²) in [5.74, 6) is 0.783. The Morgan fingerprint density at radius 3 is 2.93 bits per heavy atom. The van der Waals surface area contributed by atoms with Gasteiger partial charge in [-0.15, -0.1) is 0 Å². The maximum Gasteiger partial charge on any atom is 0.0475 e. The number of H-pyrrole nitrogens is 1. The van der Waals surface area contributed by atoms with Crippen LogP contribution in [-0.2, 0) is 6.42 Å². The maximum absolute atomic E-state index is 6.12. The highest BCUT2D eigenvalue weighted by Gasteiger charge is 2.22. The Morgan fingerprint density at radius 1 is 1.11 bits per heavy atom. The molecule has 2 nitrogen and oxygen atoms in total. The molecule has 3 heteroatoms. The lowest BCUT2D eigenvalue weighted by Gasteiger charge is -2.26. The van der Waals surface area contributed by atoms with E-state index in [1.165, 1.54) is 48.8 Å². The molecule has 1 aromatic heterocycles. The van der Waals surface area contributed by atoms with Gasteiger partial charge in [0.1, 0.15) is 0 Å². The quantitative estimate of drug-likeness (QED) is 0.532. The topological polar surface area (TPSA) is 19.0 Å². The Hall–Kier alpha value is -2.03. The number of nitrogens with one attached hydrogen (secondary N) is 1. The van der Waals surface area contributed by atoms with Crippen molar-refractivity contribution < 1.29 is 0 Å². The number of hydrogen-bond donors (Lipinski definition) is 1. The number of fused-ring (bicyclic) bond motifs is 2. The van der Waals surface area contributed by atoms with Crippen LogP contribution in [0.3, 0.4) is 0 Å². The zero-order valence-corrected chi connectivity index (χ0v) is 17.0. The van der Waals surface area contributed by atoms with E-state index in [9.17, 15) is 0 Å². The van der Waals surface area contributed by atoms with Crippen molar-refractivity contribution in [2.75, 3.05) is 19.6 Å². The Balaban J connectivity index is 1.17. The largest absolute Gasteiger partial charge is 0.361 e. The first-order valence-electron chi connectivity index (χ1n) is 10.5. The third-order valence-corrected chi connectivity index (χ3v) is 6.80. The van der Waals surface area contributed by atoms with Gasteiger partial charge in [0.25, 0.3) is 0 Å². The maximum atomic E-state index is 6.12. The molecule has 28 heavy (non-hydrogen) atoms. The molecule has 1 aliphatic heterocycles. The van der Waals surface area contributed by atoms with Crippen LogP contribution in [0.5, 0.6) is 0 Å². The van der Waals surface area contributed by atoms with E-state index in [4.69, 9.17) is 11.6 Å². The van der Waals surface area contributed by atoms with Crippen molar-refractivity contribution in [1.82, 2.24) is 9.88 Å². The first-order valence-corrected chi connectivity index (χ1v) is 10.9. The lowest BCUT2D eigenvalue weighted by atomic mass is 9.95. The van der Waals surface area contributed by atoms with Gasteiger partial charge in [-0.3, -0.25) is 4.90 Å². The first kappa shape index (κ1) is 18.0. The Bertz CT molecular complexity index is 1020. The normalized spacial score (nSPS) is 19.8. The molecule has 1 unspecified atom stereocenters. The molecular weight excluding hydrogens is 364 g/mol. The van der Waals surface area contributed by atoms with Crippen molar-refractivity contribution in [3.8, 4) is 0 Å². The predicted molar refractivity (Wildman–Crippen MR) is 119 cm³/mol. The molecule has 3 aromatic rings. The van der Waals surface area contributed by atoms with E-state index in [0.717, 1.165) is 36.0 Å². The monoisotopic (exact) mass is 390 g/mol. The van der Waals surface area contributed by atoms with Crippen LogP contribution >= 0.6 is 11.6 Å². The zero-order chi connectivity index (χ0) is 18.9. The van der Waals surface area contributed by atoms with E-state index in [1.54, 1.807) is 11.1 Å². The highest BCUT2D eigenvalue weighted by atomic mass is 35.5. The molecule has 0 amide bonds. The standard InChI is InChI=1S/C25H27ClN2/c26-21-9-10-23-24(17-27-25(23)16-21)20-11-14-28(15-12-20)13-3-5-19-8-7-18-4-1-2-6-22(18)19/h1-2,4,6,9-11,16-17,19,27H,3,5,7-8,12-15H2. The van der Waals surface area contributed by atoms with Gasteiger partial charge < -0.3 is 4.98 Å². The van der Waals surface area contributed by atoms with Crippen LogP contribution in [0.15, 0.2) is 54.7 Å². The van der Waals surface area contributed by atoms with E-state index >= 15 is 0 Å². The van der Waals surface area contributed by atoms with Crippen LogP contribution in [0, 0.1) is 0 Å². The van der Waals surface area contributed by atoms with Crippen LogP contribution < -0.4 is 0 Å². The van der Waals surface area contributed by atoms with E-state index in [0.29, 0.717) is 0 Å². The predicted octanol–water partition coefficient (Wildman–Crippen LogP) is 6.42. The fourth-order valence-electron chi connectivity index (χ4n) is 5.03. The highest BCUT2D eigenvalue weighted by molar-refractivity contribution is 6.31. The molecule has 5 rings (SSSR count). The summed E-state index contributed by atoms with van der Waals surface area (Å²) in [6.07, 6.45) is 10.9. The first-order chi connectivity index (χ1) is 13.8. The van der Waals surface area contributed by atoms with Gasteiger partial charge in [0.2, 0.25) is 0 Å². The molecule has 0 radical (unpaired) electrons. The number of aryl methyl sites for hydroxylation is 1. The molecule has 0 spiro atoms. The Labute approximate surface area is 172 Å². The summed E-state index contributed by atoms with van der Waals surface area (Å²) in [6.45, 7) is 3.44. The number of aromatic amines is 1. The SMILES string of the molecule is Clc1ccc2c(C3=CCN(CCCC4CCc5ccccc54)CC3)c[nH]c2c1. The van der Waals surface area contributed by atoms with Crippen LogP contribution in [-0.4, -0.2) is 29.5 Å². The minimum atomic E-state index is 0.783. The van der Waals surface area contributed by atoms with E-state index in [-0.39, 0.29) is 0 Å². The minimum absolute atomic E-state index is 0.783. The lowest BCUT2D eigenvalue weighted by Crippen LogP contribution is -2.29. The summed E-state index contributed by atoms with van der Waals surface area (Å²) < 4.78 is 0. The highest BCUT2D eigenvalue weighted by Crippen LogP contribution is 2.36. The van der Waals surface area contributed by atoms with Crippen LogP contribution in [0.1, 0.15) is 48.3 Å². The molecule has 2 aliphatic rings. The van der Waals surface area contributed by atoms with Crippen LogP contribution in [0.2, 0.25) is 5.02 Å². The van der Waals surface area contributed by atoms with Crippen molar-refractivity contribution in [3.63, 3.8) is 0 Å². The zero-order valence-electron chi connectivity index (χ0n) is 16.3. The van der Waals surface area contributed by atoms with E-state index in [1.807, 2.05) is 12.1 Å². The third-order valence-electron chi connectivity index (χ3n) is 6.57. The average Bonchev–Trinajstić information content (AvgIpc) is 3.33. The van der Waals surface area contributed by atoms with Gasteiger partial charge in [0.05, 0.1) is 0 Å². The number of halogens is 1. The van der Waals surface area contributed by atoms with E-state index in [2.05, 4.69) is 52.5 Å². The fraction of sp³-hybridized carbons (Fsp3) is 0.360. The Morgan fingerprint density at radius 2 is 2.04 bits per heavy atom. The number of hydrogen-bond acceptors (Lipinski definition) is 1. The van der Waals surface area contributed by atoms with Crippen molar-refractivity contribution >= 4 is 28.1 Å². The summed E-state index contributed by atoms with van der Waals surface area (Å²) in [4.78, 5) is 5.98. The van der Waals surface area contributed by atoms with Gasteiger partial charge in [0, 0.05) is 40.8 Å². The minimum Gasteiger partial charge on any atom is -0.361 e. The van der Waals surface area contributed by atoms with Gasteiger partial charge in [-0.25, -0.2) is 0 Å². The number of aromatic nitrogens is 1. The second-order valence-corrected chi connectivity index (χ2v) is 8.69. The molecule has 1 aliphatic carbocycles. The molecule has 0 saturated heterocycles. The molecule has 2 heterocycles. The second-order valence-electron chi connectivity index (χ2n) is 8.25. The molecular formula is C25H27ClN2. The van der Waals surface area contributed by atoms with Crippen LogP contribution in [0.4, 0.5) is 0 Å². The third kappa shape index (κ3) is 3.52. The average molecular weight is 391 g/mol. The molecule has 0 fully saturated rings. The van der Waals surface area contributed by atoms with Gasteiger partial charge in [-0.05, 0) is 73.4 Å².